The molecule has 0 aromatic carbocycles. The maximum Gasteiger partial charge on any atom is 0.133 e. The van der Waals surface area contributed by atoms with Crippen molar-refractivity contribution in [2.24, 2.45) is 5.92 Å². The zero-order chi connectivity index (χ0) is 12.8. The molecule has 0 saturated heterocycles. The van der Waals surface area contributed by atoms with Gasteiger partial charge in [-0.1, -0.05) is 19.8 Å². The molecule has 0 radical (unpaired) electrons. The summed E-state index contributed by atoms with van der Waals surface area (Å²) in [4.78, 5) is 9.03. The Hall–Kier alpha value is -1.32. The summed E-state index contributed by atoms with van der Waals surface area (Å²) in [6.45, 7) is 3.20. The van der Waals surface area contributed by atoms with Crippen LogP contribution in [-0.2, 0) is 6.42 Å². The van der Waals surface area contributed by atoms with E-state index in [0.717, 1.165) is 42.8 Å². The first-order valence-electron chi connectivity index (χ1n) is 7.11. The van der Waals surface area contributed by atoms with Crippen LogP contribution in [-0.4, -0.2) is 23.6 Å². The van der Waals surface area contributed by atoms with Crippen LogP contribution in [0, 0.1) is 5.92 Å². The summed E-state index contributed by atoms with van der Waals surface area (Å²) in [6, 6.07) is 1.99. The molecule has 0 bridgehead atoms. The maximum absolute atomic E-state index is 4.57. The standard InChI is InChI=1S/C14H24N4/c1-3-6-12-17-13(15-2)9-14(18-12)16-10-11-7-4-5-8-11/h9,11H,3-8,10H2,1-2H3,(H2,15,16,17,18). The molecule has 1 aromatic heterocycles. The highest BCUT2D eigenvalue weighted by molar-refractivity contribution is 5.47. The minimum Gasteiger partial charge on any atom is -0.373 e. The van der Waals surface area contributed by atoms with Crippen molar-refractivity contribution in [3.8, 4) is 0 Å². The van der Waals surface area contributed by atoms with E-state index in [1.165, 1.54) is 25.7 Å². The second kappa shape index (κ2) is 6.57. The summed E-state index contributed by atoms with van der Waals surface area (Å²) >= 11 is 0. The molecule has 1 fully saturated rings. The van der Waals surface area contributed by atoms with Crippen LogP contribution in [0.5, 0.6) is 0 Å². The number of aryl methyl sites for hydroxylation is 1. The van der Waals surface area contributed by atoms with Gasteiger partial charge in [0.05, 0.1) is 0 Å². The molecule has 1 aliphatic rings. The molecule has 2 N–H and O–H groups in total. The van der Waals surface area contributed by atoms with Crippen molar-refractivity contribution in [2.45, 2.75) is 45.4 Å². The fourth-order valence-corrected chi connectivity index (χ4v) is 2.51. The van der Waals surface area contributed by atoms with Gasteiger partial charge in [-0.3, -0.25) is 0 Å². The number of nitrogens with one attached hydrogen (secondary N) is 2. The zero-order valence-electron chi connectivity index (χ0n) is 11.5. The number of aromatic nitrogens is 2. The van der Waals surface area contributed by atoms with Crippen LogP contribution in [0.25, 0.3) is 0 Å². The molecule has 0 spiro atoms. The zero-order valence-corrected chi connectivity index (χ0v) is 11.5. The Labute approximate surface area is 110 Å². The first-order valence-corrected chi connectivity index (χ1v) is 7.11. The van der Waals surface area contributed by atoms with Crippen molar-refractivity contribution in [3.05, 3.63) is 11.9 Å². The number of hydrogen-bond acceptors (Lipinski definition) is 4. The van der Waals surface area contributed by atoms with Gasteiger partial charge in [0.2, 0.25) is 0 Å². The topological polar surface area (TPSA) is 49.8 Å². The SMILES string of the molecule is CCCc1nc(NC)cc(NCC2CCCC2)n1. The summed E-state index contributed by atoms with van der Waals surface area (Å²) < 4.78 is 0. The summed E-state index contributed by atoms with van der Waals surface area (Å²) in [5, 5.41) is 6.57. The van der Waals surface area contributed by atoms with E-state index in [-0.39, 0.29) is 0 Å². The minimum absolute atomic E-state index is 0.827. The van der Waals surface area contributed by atoms with Gasteiger partial charge in [0, 0.05) is 26.1 Å². The molecule has 0 unspecified atom stereocenters. The van der Waals surface area contributed by atoms with Crippen molar-refractivity contribution in [3.63, 3.8) is 0 Å². The van der Waals surface area contributed by atoms with E-state index in [0.29, 0.717) is 0 Å². The van der Waals surface area contributed by atoms with Crippen molar-refractivity contribution >= 4 is 11.6 Å². The molecule has 2 rings (SSSR count). The third-order valence-electron chi connectivity index (χ3n) is 3.55. The van der Waals surface area contributed by atoms with Crippen LogP contribution in [0.3, 0.4) is 0 Å². The average Bonchev–Trinajstić information content (AvgIpc) is 2.89. The highest BCUT2D eigenvalue weighted by Crippen LogP contribution is 2.25. The van der Waals surface area contributed by atoms with Gasteiger partial charge >= 0.3 is 0 Å². The molecule has 1 aliphatic carbocycles. The molecule has 1 heterocycles. The van der Waals surface area contributed by atoms with Gasteiger partial charge in [-0.15, -0.1) is 0 Å². The van der Waals surface area contributed by atoms with E-state index in [1.807, 2.05) is 13.1 Å². The first-order chi connectivity index (χ1) is 8.81. The molecule has 100 valence electrons. The van der Waals surface area contributed by atoms with Gasteiger partial charge in [0.25, 0.3) is 0 Å². The van der Waals surface area contributed by atoms with Crippen LogP contribution < -0.4 is 10.6 Å². The second-order valence-corrected chi connectivity index (χ2v) is 5.09. The molecule has 1 saturated carbocycles. The highest BCUT2D eigenvalue weighted by Gasteiger charge is 2.14. The molecule has 4 heteroatoms. The fourth-order valence-electron chi connectivity index (χ4n) is 2.51. The quantitative estimate of drug-likeness (QED) is 0.812. The highest BCUT2D eigenvalue weighted by atomic mass is 15.1. The second-order valence-electron chi connectivity index (χ2n) is 5.09. The lowest BCUT2D eigenvalue weighted by Gasteiger charge is -2.13. The summed E-state index contributed by atoms with van der Waals surface area (Å²) in [5.41, 5.74) is 0. The van der Waals surface area contributed by atoms with Crippen molar-refractivity contribution in [1.82, 2.24) is 9.97 Å². The van der Waals surface area contributed by atoms with Gasteiger partial charge in [-0.2, -0.15) is 0 Å². The molecule has 1 aromatic rings. The Morgan fingerprint density at radius 1 is 1.22 bits per heavy atom. The van der Waals surface area contributed by atoms with Crippen molar-refractivity contribution in [2.75, 3.05) is 24.2 Å². The first kappa shape index (κ1) is 13.1. The monoisotopic (exact) mass is 248 g/mol. The summed E-state index contributed by atoms with van der Waals surface area (Å²) in [5.74, 6) is 3.62. The van der Waals surface area contributed by atoms with E-state index >= 15 is 0 Å². The Morgan fingerprint density at radius 2 is 1.94 bits per heavy atom. The van der Waals surface area contributed by atoms with Gasteiger partial charge in [0.15, 0.2) is 0 Å². The smallest absolute Gasteiger partial charge is 0.133 e. The number of rotatable bonds is 6. The maximum atomic E-state index is 4.57. The fraction of sp³-hybridized carbons (Fsp3) is 0.714. The Kier molecular flexibility index (Phi) is 4.79. The van der Waals surface area contributed by atoms with Gasteiger partial charge in [-0.25, -0.2) is 9.97 Å². The van der Waals surface area contributed by atoms with Crippen LogP contribution in [0.2, 0.25) is 0 Å². The van der Waals surface area contributed by atoms with Gasteiger partial charge < -0.3 is 10.6 Å². The predicted octanol–water partition coefficient (Wildman–Crippen LogP) is 3.07. The van der Waals surface area contributed by atoms with Crippen molar-refractivity contribution in [1.29, 1.82) is 0 Å². The summed E-state index contributed by atoms with van der Waals surface area (Å²) in [6.07, 6.45) is 7.51. The molecular weight excluding hydrogens is 224 g/mol. The molecule has 4 nitrogen and oxygen atoms in total. The molecule has 0 atom stereocenters. The van der Waals surface area contributed by atoms with Gasteiger partial charge in [-0.05, 0) is 25.2 Å². The Morgan fingerprint density at radius 3 is 2.61 bits per heavy atom. The lowest BCUT2D eigenvalue weighted by Crippen LogP contribution is -2.13. The third-order valence-corrected chi connectivity index (χ3v) is 3.55. The van der Waals surface area contributed by atoms with E-state index in [2.05, 4.69) is 27.5 Å². The van der Waals surface area contributed by atoms with Crippen molar-refractivity contribution < 1.29 is 0 Å². The number of anilines is 2. The largest absolute Gasteiger partial charge is 0.373 e. The lowest BCUT2D eigenvalue weighted by molar-refractivity contribution is 0.578. The third kappa shape index (κ3) is 3.59. The van der Waals surface area contributed by atoms with Crippen LogP contribution in [0.1, 0.15) is 44.9 Å². The number of hydrogen-bond donors (Lipinski definition) is 2. The Balaban J connectivity index is 1.98. The molecule has 0 aliphatic heterocycles. The van der Waals surface area contributed by atoms with Crippen LogP contribution in [0.15, 0.2) is 6.07 Å². The average molecular weight is 248 g/mol. The van der Waals surface area contributed by atoms with E-state index in [4.69, 9.17) is 0 Å². The van der Waals surface area contributed by atoms with Gasteiger partial charge in [0.1, 0.15) is 17.5 Å². The molecule has 0 amide bonds. The Bertz CT molecular complexity index is 372. The lowest BCUT2D eigenvalue weighted by atomic mass is 10.1. The molecule has 18 heavy (non-hydrogen) atoms. The van der Waals surface area contributed by atoms with E-state index in [1.54, 1.807) is 0 Å². The van der Waals surface area contributed by atoms with E-state index in [9.17, 15) is 0 Å². The molecular formula is C14H24N4. The normalized spacial score (nSPS) is 15.9. The van der Waals surface area contributed by atoms with Crippen LogP contribution in [0.4, 0.5) is 11.6 Å². The summed E-state index contributed by atoms with van der Waals surface area (Å²) in [7, 11) is 1.90. The minimum atomic E-state index is 0.827. The number of nitrogens with zero attached hydrogens (tertiary/aromatic N) is 2. The van der Waals surface area contributed by atoms with E-state index < -0.39 is 0 Å². The predicted molar refractivity (Wildman–Crippen MR) is 76.0 cm³/mol. The van der Waals surface area contributed by atoms with Crippen LogP contribution >= 0.6 is 0 Å².